The van der Waals surface area contributed by atoms with Crippen LogP contribution in [0.5, 0.6) is 5.88 Å². The second kappa shape index (κ2) is 10.4. The fourth-order valence-corrected chi connectivity index (χ4v) is 3.98. The molecule has 3 N–H and O–H groups in total. The highest BCUT2D eigenvalue weighted by Crippen LogP contribution is 2.32. The summed E-state index contributed by atoms with van der Waals surface area (Å²) in [5.41, 5.74) is 5.31. The summed E-state index contributed by atoms with van der Waals surface area (Å²) in [7, 11) is 4.06. The minimum Gasteiger partial charge on any atom is -0.494 e. The van der Waals surface area contributed by atoms with E-state index >= 15 is 0 Å². The molecule has 1 amide bonds. The molecule has 0 aliphatic heterocycles. The summed E-state index contributed by atoms with van der Waals surface area (Å²) in [5.74, 6) is -0.113. The SMILES string of the molecule is CCCNC(=O)c1ccc2[nH]c(O)c(C(=Nc3cccc(CN(C)C)c3)c3ccccc3)c2c1. The van der Waals surface area contributed by atoms with Crippen molar-refractivity contribution in [3.05, 3.63) is 95.1 Å². The van der Waals surface area contributed by atoms with Gasteiger partial charge < -0.3 is 20.3 Å². The largest absolute Gasteiger partial charge is 0.494 e. The van der Waals surface area contributed by atoms with E-state index in [4.69, 9.17) is 4.99 Å². The van der Waals surface area contributed by atoms with Gasteiger partial charge in [-0.25, -0.2) is 4.99 Å². The number of benzene rings is 3. The predicted octanol–water partition coefficient (Wildman–Crippen LogP) is 5.24. The van der Waals surface area contributed by atoms with Crippen molar-refractivity contribution in [1.82, 2.24) is 15.2 Å². The molecule has 0 spiro atoms. The van der Waals surface area contributed by atoms with Crippen molar-refractivity contribution in [2.24, 2.45) is 4.99 Å². The minimum absolute atomic E-state index is 0.0214. The third-order valence-electron chi connectivity index (χ3n) is 5.51. The number of carbonyl (C=O) groups is 1. The first-order valence-electron chi connectivity index (χ1n) is 11.5. The van der Waals surface area contributed by atoms with Crippen LogP contribution in [0.25, 0.3) is 10.9 Å². The lowest BCUT2D eigenvalue weighted by molar-refractivity contribution is 0.0954. The summed E-state index contributed by atoms with van der Waals surface area (Å²) in [6.45, 7) is 3.43. The van der Waals surface area contributed by atoms with Crippen molar-refractivity contribution in [2.75, 3.05) is 20.6 Å². The second-order valence-electron chi connectivity index (χ2n) is 8.60. The fraction of sp³-hybridized carbons (Fsp3) is 0.214. The summed E-state index contributed by atoms with van der Waals surface area (Å²) in [6, 6.07) is 23.3. The van der Waals surface area contributed by atoms with E-state index in [1.165, 1.54) is 0 Å². The molecule has 0 aliphatic carbocycles. The van der Waals surface area contributed by atoms with E-state index in [0.29, 0.717) is 23.4 Å². The summed E-state index contributed by atoms with van der Waals surface area (Å²) in [4.78, 5) is 22.8. The Morgan fingerprint density at radius 3 is 2.53 bits per heavy atom. The lowest BCUT2D eigenvalue weighted by atomic mass is 9.99. The van der Waals surface area contributed by atoms with Gasteiger partial charge in [0.25, 0.3) is 5.91 Å². The molecule has 3 aromatic carbocycles. The molecule has 0 fully saturated rings. The molecule has 0 radical (unpaired) electrons. The average molecular weight is 455 g/mol. The van der Waals surface area contributed by atoms with E-state index in [0.717, 1.165) is 40.7 Å². The number of amides is 1. The van der Waals surface area contributed by atoms with Crippen LogP contribution in [0.1, 0.15) is 40.4 Å². The lowest BCUT2D eigenvalue weighted by Gasteiger charge is -2.11. The smallest absolute Gasteiger partial charge is 0.251 e. The summed E-state index contributed by atoms with van der Waals surface area (Å²) in [6.07, 6.45) is 0.863. The Hall–Kier alpha value is -3.90. The van der Waals surface area contributed by atoms with Crippen LogP contribution >= 0.6 is 0 Å². The normalized spacial score (nSPS) is 11.8. The molecule has 0 atom stereocenters. The maximum Gasteiger partial charge on any atom is 0.251 e. The molecule has 174 valence electrons. The molecule has 0 aliphatic rings. The molecule has 6 heteroatoms. The van der Waals surface area contributed by atoms with E-state index in [1.54, 1.807) is 6.07 Å². The topological polar surface area (TPSA) is 80.7 Å². The van der Waals surface area contributed by atoms with Gasteiger partial charge in [0.1, 0.15) is 0 Å². The number of H-pyrrole nitrogens is 1. The molecule has 1 aromatic heterocycles. The number of nitrogens with one attached hydrogen (secondary N) is 2. The third-order valence-corrected chi connectivity index (χ3v) is 5.51. The molecular weight excluding hydrogens is 424 g/mol. The van der Waals surface area contributed by atoms with Crippen LogP contribution in [0, 0.1) is 0 Å². The average Bonchev–Trinajstić information content (AvgIpc) is 3.16. The second-order valence-corrected chi connectivity index (χ2v) is 8.60. The number of hydrogen-bond acceptors (Lipinski definition) is 4. The van der Waals surface area contributed by atoms with E-state index in [-0.39, 0.29) is 11.8 Å². The van der Waals surface area contributed by atoms with E-state index < -0.39 is 0 Å². The van der Waals surface area contributed by atoms with Gasteiger partial charge >= 0.3 is 0 Å². The molecule has 34 heavy (non-hydrogen) atoms. The number of hydrogen-bond donors (Lipinski definition) is 3. The Bertz CT molecular complexity index is 1320. The van der Waals surface area contributed by atoms with Gasteiger partial charge in [-0.1, -0.05) is 49.4 Å². The molecule has 6 nitrogen and oxygen atoms in total. The van der Waals surface area contributed by atoms with Crippen LogP contribution in [-0.2, 0) is 6.54 Å². The number of aliphatic imine (C=N–C) groups is 1. The van der Waals surface area contributed by atoms with Gasteiger partial charge in [-0.2, -0.15) is 0 Å². The van der Waals surface area contributed by atoms with Crippen molar-refractivity contribution in [3.63, 3.8) is 0 Å². The van der Waals surface area contributed by atoms with Gasteiger partial charge in [0.2, 0.25) is 0 Å². The molecular formula is C28H30N4O2. The number of aromatic amines is 1. The van der Waals surface area contributed by atoms with E-state index in [1.807, 2.05) is 75.6 Å². The first kappa shape index (κ1) is 23.3. The summed E-state index contributed by atoms with van der Waals surface area (Å²) in [5, 5.41) is 14.6. The zero-order valence-corrected chi connectivity index (χ0v) is 19.8. The number of nitrogens with zero attached hydrogens (tertiary/aromatic N) is 2. The Labute approximate surface area is 200 Å². The van der Waals surface area contributed by atoms with Gasteiger partial charge in [-0.05, 0) is 56.4 Å². The van der Waals surface area contributed by atoms with Crippen LogP contribution in [0.3, 0.4) is 0 Å². The fourth-order valence-electron chi connectivity index (χ4n) is 3.98. The molecule has 4 rings (SSSR count). The van der Waals surface area contributed by atoms with Crippen LogP contribution in [-0.4, -0.2) is 47.2 Å². The van der Waals surface area contributed by atoms with E-state index in [9.17, 15) is 9.90 Å². The Balaban J connectivity index is 1.87. The zero-order chi connectivity index (χ0) is 24.1. The highest BCUT2D eigenvalue weighted by Gasteiger charge is 2.20. The number of aromatic hydroxyl groups is 1. The van der Waals surface area contributed by atoms with E-state index in [2.05, 4.69) is 27.3 Å². The quantitative estimate of drug-likeness (QED) is 0.318. The van der Waals surface area contributed by atoms with Crippen LogP contribution < -0.4 is 5.32 Å². The number of rotatable bonds is 8. The first-order chi connectivity index (χ1) is 16.5. The Kier molecular flexibility index (Phi) is 7.09. The van der Waals surface area contributed by atoms with Crippen molar-refractivity contribution in [1.29, 1.82) is 0 Å². The van der Waals surface area contributed by atoms with Crippen molar-refractivity contribution in [3.8, 4) is 5.88 Å². The summed E-state index contributed by atoms with van der Waals surface area (Å²) >= 11 is 0. The highest BCUT2D eigenvalue weighted by molar-refractivity contribution is 6.22. The molecule has 0 saturated carbocycles. The van der Waals surface area contributed by atoms with Gasteiger partial charge in [0.05, 0.1) is 17.0 Å². The maximum atomic E-state index is 12.6. The molecule has 4 aromatic rings. The first-order valence-corrected chi connectivity index (χ1v) is 11.5. The minimum atomic E-state index is -0.134. The van der Waals surface area contributed by atoms with Crippen LogP contribution in [0.15, 0.2) is 77.8 Å². The Morgan fingerprint density at radius 1 is 1.00 bits per heavy atom. The van der Waals surface area contributed by atoms with Gasteiger partial charge in [0, 0.05) is 35.1 Å². The van der Waals surface area contributed by atoms with Gasteiger partial charge in [0.15, 0.2) is 5.88 Å². The highest BCUT2D eigenvalue weighted by atomic mass is 16.3. The maximum absolute atomic E-state index is 12.6. The van der Waals surface area contributed by atoms with Gasteiger partial charge in [-0.15, -0.1) is 0 Å². The van der Waals surface area contributed by atoms with Gasteiger partial charge in [-0.3, -0.25) is 4.79 Å². The lowest BCUT2D eigenvalue weighted by Crippen LogP contribution is -2.23. The number of carbonyl (C=O) groups excluding carboxylic acids is 1. The standard InChI is InChI=1S/C28H30N4O2/c1-4-15-29-27(33)21-13-14-24-23(17-21)25(28(34)31-24)26(20-10-6-5-7-11-20)30-22-12-8-9-19(16-22)18-32(2)3/h5-14,16-17,31,34H,4,15,18H2,1-3H3,(H,29,33). The van der Waals surface area contributed by atoms with Crippen molar-refractivity contribution >= 4 is 28.2 Å². The zero-order valence-electron chi connectivity index (χ0n) is 19.8. The monoisotopic (exact) mass is 454 g/mol. The molecule has 0 unspecified atom stereocenters. The third kappa shape index (κ3) is 5.18. The van der Waals surface area contributed by atoms with Crippen LogP contribution in [0.2, 0.25) is 0 Å². The molecule has 1 heterocycles. The number of aromatic nitrogens is 1. The van der Waals surface area contributed by atoms with Crippen molar-refractivity contribution in [2.45, 2.75) is 19.9 Å². The van der Waals surface area contributed by atoms with Crippen LogP contribution in [0.4, 0.5) is 5.69 Å². The predicted molar refractivity (Wildman–Crippen MR) is 138 cm³/mol. The molecule has 0 bridgehead atoms. The Morgan fingerprint density at radius 2 is 1.79 bits per heavy atom. The van der Waals surface area contributed by atoms with Crippen molar-refractivity contribution < 1.29 is 9.90 Å². The summed E-state index contributed by atoms with van der Waals surface area (Å²) < 4.78 is 0. The number of fused-ring (bicyclic) bond motifs is 1. The molecule has 0 saturated heterocycles.